The molecule has 0 saturated heterocycles. The van der Waals surface area contributed by atoms with E-state index in [1.54, 1.807) is 6.92 Å². The molecular weight excluding hydrogens is 312 g/mol. The van der Waals surface area contributed by atoms with Crippen molar-refractivity contribution in [2.45, 2.75) is 13.3 Å². The monoisotopic (exact) mass is 326 g/mol. The molecule has 1 rings (SSSR count). The van der Waals surface area contributed by atoms with E-state index in [0.717, 1.165) is 18.2 Å². The second kappa shape index (κ2) is 8.23. The van der Waals surface area contributed by atoms with Crippen LogP contribution in [-0.4, -0.2) is 28.3 Å². The molecule has 0 spiro atoms. The molecule has 1 amide bonds. The van der Waals surface area contributed by atoms with Crippen LogP contribution in [0.5, 0.6) is 0 Å². The molecule has 12 heteroatoms. The average molecular weight is 326 g/mol. The molecule has 1 aromatic rings. The fourth-order valence-corrected chi connectivity index (χ4v) is 1.48. The molecule has 4 N–H and O–H groups in total. The van der Waals surface area contributed by atoms with E-state index in [1.165, 1.54) is 0 Å². The van der Waals surface area contributed by atoms with Crippen LogP contribution in [-0.2, 0) is 9.53 Å². The van der Waals surface area contributed by atoms with Crippen molar-refractivity contribution < 1.29 is 19.4 Å². The number of amides is 1. The van der Waals surface area contributed by atoms with Crippen LogP contribution in [0.25, 0.3) is 0 Å². The van der Waals surface area contributed by atoms with Crippen LogP contribution in [0.4, 0.5) is 17.1 Å². The molecule has 0 heterocycles. The lowest BCUT2D eigenvalue weighted by molar-refractivity contribution is -0.393. The molecule has 0 unspecified atom stereocenters. The van der Waals surface area contributed by atoms with Crippen molar-refractivity contribution in [2.24, 2.45) is 10.9 Å². The number of hydrazine groups is 1. The Morgan fingerprint density at radius 2 is 2.04 bits per heavy atom. The molecule has 0 fully saturated rings. The summed E-state index contributed by atoms with van der Waals surface area (Å²) in [5, 5.41) is 25.4. The third kappa shape index (κ3) is 5.20. The molecule has 0 aliphatic heterocycles. The van der Waals surface area contributed by atoms with Crippen molar-refractivity contribution >= 4 is 28.9 Å². The third-order valence-electron chi connectivity index (χ3n) is 2.47. The highest BCUT2D eigenvalue weighted by Crippen LogP contribution is 2.28. The molecule has 0 saturated carbocycles. The zero-order valence-electron chi connectivity index (χ0n) is 12.0. The summed E-state index contributed by atoms with van der Waals surface area (Å²) in [5.74, 6) is 4.32. The number of hydrogen-bond donors (Lipinski definition) is 3. The highest BCUT2D eigenvalue weighted by Gasteiger charge is 2.19. The van der Waals surface area contributed by atoms with Crippen molar-refractivity contribution in [1.29, 1.82) is 0 Å². The molecule has 0 aromatic heterocycles. The third-order valence-corrected chi connectivity index (χ3v) is 2.47. The normalized spacial score (nSPS) is 10.8. The van der Waals surface area contributed by atoms with Crippen LogP contribution in [0.15, 0.2) is 23.3 Å². The number of hydrazone groups is 1. The first-order valence-electron chi connectivity index (χ1n) is 6.26. The number of non-ortho nitro benzene ring substituents is 1. The molecule has 12 nitrogen and oxygen atoms in total. The molecule has 0 atom stereocenters. The standard InChI is InChI=1S/C11H14N6O6/c1-2-23-11(6-10(18)13-12)15-14-8-4-3-7(16(19)20)5-9(8)17(21)22/h3-5,14H,2,6,12H2,1H3,(H,13,18)/b15-11+. The first-order valence-corrected chi connectivity index (χ1v) is 6.26. The van der Waals surface area contributed by atoms with Gasteiger partial charge in [-0.1, -0.05) is 0 Å². The minimum absolute atomic E-state index is 0.0527. The summed E-state index contributed by atoms with van der Waals surface area (Å²) in [4.78, 5) is 31.3. The highest BCUT2D eigenvalue weighted by molar-refractivity contribution is 5.97. The Balaban J connectivity index is 3.05. The highest BCUT2D eigenvalue weighted by atomic mass is 16.6. The van der Waals surface area contributed by atoms with Gasteiger partial charge in [-0.2, -0.15) is 0 Å². The summed E-state index contributed by atoms with van der Waals surface area (Å²) in [7, 11) is 0. The first kappa shape index (κ1) is 17.8. The van der Waals surface area contributed by atoms with E-state index in [1.807, 2.05) is 5.43 Å². The summed E-state index contributed by atoms with van der Waals surface area (Å²) in [6.07, 6.45) is -0.280. The molecule has 23 heavy (non-hydrogen) atoms. The van der Waals surface area contributed by atoms with Gasteiger partial charge in [-0.15, -0.1) is 5.10 Å². The smallest absolute Gasteiger partial charge is 0.301 e. The maximum atomic E-state index is 11.2. The van der Waals surface area contributed by atoms with Gasteiger partial charge in [0.05, 0.1) is 22.5 Å². The Labute approximate surface area is 129 Å². The number of benzene rings is 1. The lowest BCUT2D eigenvalue weighted by Gasteiger charge is -2.07. The van der Waals surface area contributed by atoms with E-state index in [9.17, 15) is 25.0 Å². The number of nitrogens with zero attached hydrogens (tertiary/aromatic N) is 3. The van der Waals surface area contributed by atoms with Crippen molar-refractivity contribution in [3.8, 4) is 0 Å². The average Bonchev–Trinajstić information content (AvgIpc) is 2.52. The SMILES string of the molecule is CCO/C(CC(=O)NN)=N/Nc1ccc([N+](=O)[O-])cc1[N+](=O)[O-]. The fraction of sp³-hybridized carbons (Fsp3) is 0.273. The topological polar surface area (TPSA) is 175 Å². The molecule has 0 radical (unpaired) electrons. The Morgan fingerprint density at radius 1 is 1.35 bits per heavy atom. The van der Waals surface area contributed by atoms with Crippen molar-refractivity contribution in [2.75, 3.05) is 12.0 Å². The second-order valence-corrected chi connectivity index (χ2v) is 4.01. The van der Waals surface area contributed by atoms with Gasteiger partial charge in [0, 0.05) is 6.07 Å². The maximum absolute atomic E-state index is 11.2. The van der Waals surface area contributed by atoms with E-state index in [0.29, 0.717) is 0 Å². The number of hydrogen-bond acceptors (Lipinski definition) is 9. The number of carbonyl (C=O) groups excluding carboxylic acids is 1. The van der Waals surface area contributed by atoms with Gasteiger partial charge in [-0.05, 0) is 13.0 Å². The van der Waals surface area contributed by atoms with E-state index >= 15 is 0 Å². The predicted octanol–water partition coefficient (Wildman–Crippen LogP) is 0.645. The van der Waals surface area contributed by atoms with E-state index in [-0.39, 0.29) is 24.6 Å². The summed E-state index contributed by atoms with van der Waals surface area (Å²) in [6, 6.07) is 3.01. The Bertz CT molecular complexity index is 646. The molecule has 0 aliphatic rings. The van der Waals surface area contributed by atoms with Crippen LogP contribution in [0.1, 0.15) is 13.3 Å². The molecule has 1 aromatic carbocycles. The molecule has 124 valence electrons. The number of rotatable bonds is 7. The number of nitrogens with one attached hydrogen (secondary N) is 2. The van der Waals surface area contributed by atoms with Crippen LogP contribution in [0.3, 0.4) is 0 Å². The van der Waals surface area contributed by atoms with Crippen LogP contribution >= 0.6 is 0 Å². The summed E-state index contributed by atoms with van der Waals surface area (Å²) in [6.45, 7) is 1.87. The first-order chi connectivity index (χ1) is 10.9. The van der Waals surface area contributed by atoms with Gasteiger partial charge in [0.2, 0.25) is 11.8 Å². The van der Waals surface area contributed by atoms with Gasteiger partial charge < -0.3 is 4.74 Å². The molecular formula is C11H14N6O6. The number of anilines is 1. The van der Waals surface area contributed by atoms with Crippen LogP contribution < -0.4 is 16.7 Å². The minimum atomic E-state index is -0.794. The van der Waals surface area contributed by atoms with Crippen molar-refractivity contribution in [1.82, 2.24) is 5.43 Å². The number of nitro groups is 2. The van der Waals surface area contributed by atoms with E-state index in [2.05, 4.69) is 10.5 Å². The molecule has 0 bridgehead atoms. The Hall–Kier alpha value is -3.28. The maximum Gasteiger partial charge on any atom is 0.301 e. The summed E-state index contributed by atoms with van der Waals surface area (Å²) >= 11 is 0. The van der Waals surface area contributed by atoms with Crippen LogP contribution in [0, 0.1) is 20.2 Å². The quantitative estimate of drug-likeness (QED) is 0.163. The number of nitro benzene ring substituents is 2. The summed E-state index contributed by atoms with van der Waals surface area (Å²) < 4.78 is 5.09. The molecule has 0 aliphatic carbocycles. The van der Waals surface area contributed by atoms with Gasteiger partial charge in [0.25, 0.3) is 5.69 Å². The van der Waals surface area contributed by atoms with Gasteiger partial charge in [-0.3, -0.25) is 35.9 Å². The zero-order chi connectivity index (χ0) is 17.4. The Kier molecular flexibility index (Phi) is 6.36. The lowest BCUT2D eigenvalue weighted by Crippen LogP contribution is -2.32. The fourth-order valence-electron chi connectivity index (χ4n) is 1.48. The predicted molar refractivity (Wildman–Crippen MR) is 79.4 cm³/mol. The van der Waals surface area contributed by atoms with E-state index < -0.39 is 27.1 Å². The van der Waals surface area contributed by atoms with Gasteiger partial charge >= 0.3 is 5.69 Å². The summed E-state index contributed by atoms with van der Waals surface area (Å²) in [5.41, 5.74) is 3.18. The minimum Gasteiger partial charge on any atom is -0.480 e. The largest absolute Gasteiger partial charge is 0.480 e. The van der Waals surface area contributed by atoms with Crippen LogP contribution in [0.2, 0.25) is 0 Å². The zero-order valence-corrected chi connectivity index (χ0v) is 12.0. The van der Waals surface area contributed by atoms with Gasteiger partial charge in [-0.25, -0.2) is 5.84 Å². The van der Waals surface area contributed by atoms with Crippen molar-refractivity contribution in [3.63, 3.8) is 0 Å². The number of nitrogens with two attached hydrogens (primary N) is 1. The number of carbonyl (C=O) groups is 1. The van der Waals surface area contributed by atoms with E-state index in [4.69, 9.17) is 10.6 Å². The second-order valence-electron chi connectivity index (χ2n) is 4.01. The number of ether oxygens (including phenoxy) is 1. The van der Waals surface area contributed by atoms with Gasteiger partial charge in [0.15, 0.2) is 0 Å². The lowest BCUT2D eigenvalue weighted by atomic mass is 10.2. The Morgan fingerprint density at radius 3 is 2.57 bits per heavy atom. The van der Waals surface area contributed by atoms with Gasteiger partial charge in [0.1, 0.15) is 12.1 Å². The van der Waals surface area contributed by atoms with Crippen molar-refractivity contribution in [3.05, 3.63) is 38.4 Å².